The minimum absolute atomic E-state index is 0.600. The Bertz CT molecular complexity index is 2660. The van der Waals surface area contributed by atoms with Gasteiger partial charge in [-0.05, 0) is 54.6 Å². The van der Waals surface area contributed by atoms with E-state index in [1.165, 1.54) is 0 Å². The first-order valence-corrected chi connectivity index (χ1v) is 14.6. The normalized spacial score (nSPS) is 12.1. The van der Waals surface area contributed by atoms with Crippen LogP contribution in [0.2, 0.25) is 0 Å². The SMILES string of the molecule is c1ccc(-c2nc3c4cccc5oc6cc(N(c7ccccc7)c7ccc8c(c7)oc7ccccc78)cc(c3o2)c6c54)cc1. The molecule has 3 aromatic heterocycles. The smallest absolute Gasteiger partial charge is 0.227 e. The second kappa shape index (κ2) is 8.72. The summed E-state index contributed by atoms with van der Waals surface area (Å²) in [7, 11) is 0. The van der Waals surface area contributed by atoms with Gasteiger partial charge >= 0.3 is 0 Å². The largest absolute Gasteiger partial charge is 0.456 e. The summed E-state index contributed by atoms with van der Waals surface area (Å²) in [6, 6.07) is 45.4. The number of anilines is 3. The van der Waals surface area contributed by atoms with Crippen molar-refractivity contribution in [1.82, 2.24) is 4.98 Å². The summed E-state index contributed by atoms with van der Waals surface area (Å²) in [4.78, 5) is 7.26. The van der Waals surface area contributed by atoms with Gasteiger partial charge in [-0.1, -0.05) is 66.7 Å². The van der Waals surface area contributed by atoms with Gasteiger partial charge in [0.15, 0.2) is 5.58 Å². The number of benzene rings is 7. The predicted octanol–water partition coefficient (Wildman–Crippen LogP) is 11.4. The van der Waals surface area contributed by atoms with Crippen LogP contribution < -0.4 is 4.90 Å². The average Bonchev–Trinajstić information content (AvgIpc) is 3.79. The summed E-state index contributed by atoms with van der Waals surface area (Å²) in [5.41, 5.74) is 8.81. The van der Waals surface area contributed by atoms with E-state index in [9.17, 15) is 0 Å². The first kappa shape index (κ1) is 23.5. The van der Waals surface area contributed by atoms with Gasteiger partial charge in [0.1, 0.15) is 27.8 Å². The maximum atomic E-state index is 6.59. The highest BCUT2D eigenvalue weighted by Crippen LogP contribution is 2.47. The Labute approximate surface area is 250 Å². The highest BCUT2D eigenvalue weighted by Gasteiger charge is 2.24. The Morgan fingerprint density at radius 2 is 1.11 bits per heavy atom. The van der Waals surface area contributed by atoms with Crippen molar-refractivity contribution in [3.05, 3.63) is 133 Å². The average molecular weight is 567 g/mol. The third kappa shape index (κ3) is 3.26. The Balaban J connectivity index is 1.27. The number of hydrogen-bond donors (Lipinski definition) is 0. The van der Waals surface area contributed by atoms with Gasteiger partial charge in [-0.15, -0.1) is 0 Å². The minimum Gasteiger partial charge on any atom is -0.456 e. The van der Waals surface area contributed by atoms with Gasteiger partial charge in [0, 0.05) is 61.4 Å². The van der Waals surface area contributed by atoms with E-state index in [-0.39, 0.29) is 0 Å². The number of para-hydroxylation sites is 2. The van der Waals surface area contributed by atoms with Crippen molar-refractivity contribution in [3.63, 3.8) is 0 Å². The first-order valence-electron chi connectivity index (χ1n) is 14.6. The van der Waals surface area contributed by atoms with E-state index >= 15 is 0 Å². The van der Waals surface area contributed by atoms with Crippen LogP contribution >= 0.6 is 0 Å². The highest BCUT2D eigenvalue weighted by molar-refractivity contribution is 6.32. The number of nitrogens with zero attached hydrogens (tertiary/aromatic N) is 2. The minimum atomic E-state index is 0.600. The summed E-state index contributed by atoms with van der Waals surface area (Å²) in [6.45, 7) is 0. The van der Waals surface area contributed by atoms with Crippen molar-refractivity contribution in [2.24, 2.45) is 0 Å². The molecule has 0 amide bonds. The lowest BCUT2D eigenvalue weighted by molar-refractivity contribution is 0.623. The van der Waals surface area contributed by atoms with Gasteiger partial charge in [0.25, 0.3) is 0 Å². The quantitative estimate of drug-likeness (QED) is 0.198. The van der Waals surface area contributed by atoms with Crippen molar-refractivity contribution in [3.8, 4) is 11.5 Å². The lowest BCUT2D eigenvalue weighted by Gasteiger charge is -2.25. The summed E-state index contributed by atoms with van der Waals surface area (Å²) < 4.78 is 19.4. The second-order valence-corrected chi connectivity index (χ2v) is 11.2. The molecule has 0 aliphatic heterocycles. The number of oxazole rings is 1. The van der Waals surface area contributed by atoms with Crippen molar-refractivity contribution < 1.29 is 13.3 Å². The van der Waals surface area contributed by atoms with Gasteiger partial charge < -0.3 is 18.2 Å². The van der Waals surface area contributed by atoms with E-state index in [2.05, 4.69) is 71.6 Å². The van der Waals surface area contributed by atoms with Gasteiger partial charge in [-0.2, -0.15) is 0 Å². The predicted molar refractivity (Wildman–Crippen MR) is 177 cm³/mol. The van der Waals surface area contributed by atoms with Crippen LogP contribution in [0, 0.1) is 0 Å². The molecule has 5 nitrogen and oxygen atoms in total. The molecule has 0 fully saturated rings. The molecular formula is C39H22N2O3. The molecular weight excluding hydrogens is 544 g/mol. The molecule has 0 bridgehead atoms. The molecule has 10 rings (SSSR count). The lowest BCUT2D eigenvalue weighted by Crippen LogP contribution is -2.09. The Hall–Kier alpha value is -6.07. The molecule has 0 N–H and O–H groups in total. The van der Waals surface area contributed by atoms with E-state index < -0.39 is 0 Å². The Morgan fingerprint density at radius 1 is 0.432 bits per heavy atom. The zero-order valence-electron chi connectivity index (χ0n) is 23.3. The fourth-order valence-electron chi connectivity index (χ4n) is 6.70. The standard InChI is InChI=1S/C39H22N2O3/c1-3-10-23(11-4-1)39-40-37-29-15-9-17-32-35(29)36-30(38(37)44-39)20-26(22-34(36)43-32)41(24-12-5-2-6-13-24)25-18-19-28-27-14-7-8-16-31(27)42-33(28)21-25/h1-22H. The molecule has 0 aliphatic carbocycles. The van der Waals surface area contributed by atoms with Gasteiger partial charge in [-0.3, -0.25) is 0 Å². The highest BCUT2D eigenvalue weighted by atomic mass is 16.4. The molecule has 0 spiro atoms. The van der Waals surface area contributed by atoms with E-state index in [1.54, 1.807) is 0 Å². The fraction of sp³-hybridized carbons (Fsp3) is 0. The molecule has 5 heteroatoms. The molecule has 3 heterocycles. The molecule has 0 unspecified atom stereocenters. The van der Waals surface area contributed by atoms with Crippen molar-refractivity contribution in [1.29, 1.82) is 0 Å². The maximum Gasteiger partial charge on any atom is 0.227 e. The monoisotopic (exact) mass is 566 g/mol. The molecule has 10 aromatic rings. The van der Waals surface area contributed by atoms with Crippen LogP contribution in [-0.4, -0.2) is 4.98 Å². The number of rotatable bonds is 4. The molecule has 0 saturated heterocycles. The summed E-state index contributed by atoms with van der Waals surface area (Å²) in [5.74, 6) is 0.600. The van der Waals surface area contributed by atoms with E-state index in [0.29, 0.717) is 5.89 Å². The van der Waals surface area contributed by atoms with E-state index in [4.69, 9.17) is 18.2 Å². The van der Waals surface area contributed by atoms with Crippen LogP contribution in [0.25, 0.3) is 77.2 Å². The Kier molecular flexibility index (Phi) is 4.66. The molecule has 206 valence electrons. The number of hydrogen-bond acceptors (Lipinski definition) is 5. The van der Waals surface area contributed by atoms with Crippen LogP contribution in [0.3, 0.4) is 0 Å². The van der Waals surface area contributed by atoms with E-state index in [0.717, 1.165) is 88.4 Å². The molecule has 44 heavy (non-hydrogen) atoms. The molecule has 0 radical (unpaired) electrons. The first-order chi connectivity index (χ1) is 21.8. The lowest BCUT2D eigenvalue weighted by atomic mass is 9.99. The summed E-state index contributed by atoms with van der Waals surface area (Å²) in [6.07, 6.45) is 0. The van der Waals surface area contributed by atoms with Crippen molar-refractivity contribution in [2.75, 3.05) is 4.90 Å². The number of furan rings is 2. The topological polar surface area (TPSA) is 55.6 Å². The zero-order chi connectivity index (χ0) is 28.8. The molecule has 0 saturated carbocycles. The van der Waals surface area contributed by atoms with Crippen LogP contribution in [0.1, 0.15) is 0 Å². The molecule has 0 atom stereocenters. The van der Waals surface area contributed by atoms with Crippen molar-refractivity contribution >= 4 is 82.8 Å². The summed E-state index contributed by atoms with van der Waals surface area (Å²) in [5, 5.41) is 6.30. The Morgan fingerprint density at radius 3 is 2.00 bits per heavy atom. The third-order valence-electron chi connectivity index (χ3n) is 8.62. The van der Waals surface area contributed by atoms with Crippen LogP contribution in [0.15, 0.2) is 147 Å². The maximum absolute atomic E-state index is 6.59. The zero-order valence-corrected chi connectivity index (χ0v) is 23.3. The van der Waals surface area contributed by atoms with Crippen LogP contribution in [-0.2, 0) is 0 Å². The molecule has 7 aromatic carbocycles. The van der Waals surface area contributed by atoms with Crippen molar-refractivity contribution in [2.45, 2.75) is 0 Å². The number of fused-ring (bicyclic) bond motifs is 6. The van der Waals surface area contributed by atoms with E-state index in [1.807, 2.05) is 66.7 Å². The summed E-state index contributed by atoms with van der Waals surface area (Å²) >= 11 is 0. The van der Waals surface area contributed by atoms with Gasteiger partial charge in [0.05, 0.1) is 5.69 Å². The van der Waals surface area contributed by atoms with Gasteiger partial charge in [-0.25, -0.2) is 4.98 Å². The number of aromatic nitrogens is 1. The fourth-order valence-corrected chi connectivity index (χ4v) is 6.70. The third-order valence-corrected chi connectivity index (χ3v) is 8.62. The van der Waals surface area contributed by atoms with Crippen LogP contribution in [0.5, 0.6) is 0 Å². The van der Waals surface area contributed by atoms with Crippen LogP contribution in [0.4, 0.5) is 17.1 Å². The van der Waals surface area contributed by atoms with Gasteiger partial charge in [0.2, 0.25) is 5.89 Å². The molecule has 0 aliphatic rings. The second-order valence-electron chi connectivity index (χ2n) is 11.2.